The molecule has 3 aromatic heterocycles. The minimum Gasteiger partial charge on any atom is -0.308 e. The lowest BCUT2D eigenvalue weighted by Gasteiger charge is -2.28. The molecule has 0 N–H and O–H groups in total. The fourth-order valence-corrected chi connectivity index (χ4v) is 17.1. The van der Waals surface area contributed by atoms with Gasteiger partial charge in [0.2, 0.25) is 5.95 Å². The number of fused-ring (bicyclic) bond motifs is 22. The van der Waals surface area contributed by atoms with Gasteiger partial charge in [-0.25, -0.2) is 9.97 Å². The van der Waals surface area contributed by atoms with E-state index in [1.165, 1.54) is 107 Å². The van der Waals surface area contributed by atoms with E-state index in [1.54, 1.807) is 0 Å². The van der Waals surface area contributed by atoms with Crippen molar-refractivity contribution in [1.29, 1.82) is 0 Å². The van der Waals surface area contributed by atoms with Gasteiger partial charge in [0, 0.05) is 59.1 Å². The Morgan fingerprint density at radius 2 is 0.859 bits per heavy atom. The van der Waals surface area contributed by atoms with Crippen LogP contribution >= 0.6 is 11.3 Å². The third-order valence-electron chi connectivity index (χ3n) is 20.3. The SMILES string of the molecule is CC1(C)c2cc3c4ccccc4c4ccccc4c3cc2-c2cc3c4ccc(-c5ccc6cc(N(c7cccc8c7ccc7ccccc78)c7cccc8c7sc7ccccc78)ccc6c5)cc4n(-c4nc(-c5ccccc5)c5ccc6ccccc6c5n4)c3cc21. The number of benzene rings is 16. The number of aromatic nitrogens is 3. The molecule has 4 nitrogen and oxygen atoms in total. The summed E-state index contributed by atoms with van der Waals surface area (Å²) < 4.78 is 4.92. The molecule has 0 amide bonds. The fraction of sp³-hybridized carbons (Fsp3) is 0.0345. The second-order valence-electron chi connectivity index (χ2n) is 25.6. The molecule has 19 aromatic rings. The Labute approximate surface area is 533 Å². The summed E-state index contributed by atoms with van der Waals surface area (Å²) in [7, 11) is 0. The summed E-state index contributed by atoms with van der Waals surface area (Å²) >= 11 is 1.87. The summed E-state index contributed by atoms with van der Waals surface area (Å²) in [5.41, 5.74) is 15.6. The maximum atomic E-state index is 5.71. The van der Waals surface area contributed by atoms with Crippen LogP contribution in [-0.4, -0.2) is 14.5 Å². The summed E-state index contributed by atoms with van der Waals surface area (Å²) in [5.74, 6) is 0.642. The van der Waals surface area contributed by atoms with Gasteiger partial charge in [0.25, 0.3) is 0 Å². The van der Waals surface area contributed by atoms with Crippen LogP contribution in [0.1, 0.15) is 25.0 Å². The van der Waals surface area contributed by atoms with Crippen molar-refractivity contribution < 1.29 is 0 Å². The molecule has 20 rings (SSSR count). The van der Waals surface area contributed by atoms with Gasteiger partial charge in [0.05, 0.1) is 38.3 Å². The van der Waals surface area contributed by atoms with Gasteiger partial charge in [0.1, 0.15) is 0 Å². The molecule has 0 saturated heterocycles. The lowest BCUT2D eigenvalue weighted by atomic mass is 9.81. The van der Waals surface area contributed by atoms with E-state index in [0.717, 1.165) is 82.9 Å². The highest BCUT2D eigenvalue weighted by molar-refractivity contribution is 7.26. The van der Waals surface area contributed by atoms with Gasteiger partial charge in [0.15, 0.2) is 0 Å². The fourth-order valence-electron chi connectivity index (χ4n) is 15.9. The predicted octanol–water partition coefficient (Wildman–Crippen LogP) is 24.3. The lowest BCUT2D eigenvalue weighted by molar-refractivity contribution is 0.662. The smallest absolute Gasteiger partial charge is 0.235 e. The zero-order chi connectivity index (χ0) is 60.5. The van der Waals surface area contributed by atoms with Crippen LogP contribution in [0.15, 0.2) is 291 Å². The molecular weight excluding hydrogens is 1130 g/mol. The van der Waals surface area contributed by atoms with Crippen molar-refractivity contribution in [2.45, 2.75) is 19.3 Å². The van der Waals surface area contributed by atoms with Crippen LogP contribution in [0.3, 0.4) is 0 Å². The van der Waals surface area contributed by atoms with E-state index >= 15 is 0 Å². The van der Waals surface area contributed by atoms with E-state index < -0.39 is 0 Å². The summed E-state index contributed by atoms with van der Waals surface area (Å²) in [6.45, 7) is 4.82. The van der Waals surface area contributed by atoms with Crippen molar-refractivity contribution in [3.05, 3.63) is 302 Å². The molecule has 3 heterocycles. The molecule has 16 aromatic carbocycles. The largest absolute Gasteiger partial charge is 0.308 e. The van der Waals surface area contributed by atoms with Gasteiger partial charge in [-0.3, -0.25) is 4.57 Å². The molecule has 5 heteroatoms. The Balaban J connectivity index is 0.794. The van der Waals surface area contributed by atoms with E-state index in [-0.39, 0.29) is 5.41 Å². The maximum absolute atomic E-state index is 5.71. The van der Waals surface area contributed by atoms with E-state index in [2.05, 4.69) is 315 Å². The topological polar surface area (TPSA) is 34.0 Å². The van der Waals surface area contributed by atoms with Gasteiger partial charge >= 0.3 is 0 Å². The van der Waals surface area contributed by atoms with Gasteiger partial charge in [-0.15, -0.1) is 11.3 Å². The van der Waals surface area contributed by atoms with E-state index in [1.807, 2.05) is 11.3 Å². The number of thiophene rings is 1. The zero-order valence-electron chi connectivity index (χ0n) is 50.4. The highest BCUT2D eigenvalue weighted by Gasteiger charge is 2.38. The molecule has 0 atom stereocenters. The molecule has 0 fully saturated rings. The van der Waals surface area contributed by atoms with Crippen LogP contribution in [-0.2, 0) is 5.41 Å². The Hall–Kier alpha value is -11.5. The van der Waals surface area contributed by atoms with E-state index in [9.17, 15) is 0 Å². The molecule has 0 unspecified atom stereocenters. The lowest BCUT2D eigenvalue weighted by Crippen LogP contribution is -2.15. The summed E-state index contributed by atoms with van der Waals surface area (Å²) in [5, 5.41) is 23.1. The highest BCUT2D eigenvalue weighted by Crippen LogP contribution is 2.54. The molecular formula is C87H54N4S. The van der Waals surface area contributed by atoms with Crippen molar-refractivity contribution in [1.82, 2.24) is 14.5 Å². The first-order chi connectivity index (χ1) is 45.4. The standard InChI is InChI=1S/C87H54N4S/c1-87(2)76-49-72-65-27-13-11-25-63(65)62-24-10-12-26-64(62)71(72)47-73(76)74-48-75-67-42-39-57(46-80(67)91(81(75)50-77(74)87)86-88-83(53-20-4-3-5-21-53)70-43-38-52-19-7-9-23-60(52)84(70)89-86)54-34-35-56-45-58(40-36-55(56)44-54)90(79-32-17-30-69-68-28-14-15-33-82(68)92-85(69)79)78-31-16-29-61-59-22-8-6-18-51(59)37-41-66(61)78/h3-50H,1-2H3. The Morgan fingerprint density at radius 3 is 1.64 bits per heavy atom. The molecule has 0 aliphatic heterocycles. The first-order valence-corrected chi connectivity index (χ1v) is 32.6. The minimum absolute atomic E-state index is 0.320. The molecule has 428 valence electrons. The molecule has 0 radical (unpaired) electrons. The van der Waals surface area contributed by atoms with Crippen LogP contribution in [0, 0.1) is 0 Å². The first-order valence-electron chi connectivity index (χ1n) is 31.8. The maximum Gasteiger partial charge on any atom is 0.235 e. The average molecular weight is 1190 g/mol. The second kappa shape index (κ2) is 19.3. The number of anilines is 3. The average Bonchev–Trinajstić information content (AvgIpc) is 1.51. The molecule has 0 bridgehead atoms. The van der Waals surface area contributed by atoms with Crippen LogP contribution < -0.4 is 4.90 Å². The van der Waals surface area contributed by atoms with Gasteiger partial charge < -0.3 is 4.90 Å². The Kier molecular flexibility index (Phi) is 10.8. The van der Waals surface area contributed by atoms with Crippen LogP contribution in [0.4, 0.5) is 17.1 Å². The van der Waals surface area contributed by atoms with Gasteiger partial charge in [-0.1, -0.05) is 232 Å². The molecule has 0 spiro atoms. The third kappa shape index (κ3) is 7.40. The van der Waals surface area contributed by atoms with Crippen LogP contribution in [0.25, 0.3) is 168 Å². The first kappa shape index (κ1) is 51.4. The van der Waals surface area contributed by atoms with Crippen molar-refractivity contribution in [2.75, 3.05) is 4.90 Å². The highest BCUT2D eigenvalue weighted by atomic mass is 32.1. The quantitative estimate of drug-likeness (QED) is 0.156. The molecule has 0 saturated carbocycles. The third-order valence-corrected chi connectivity index (χ3v) is 21.5. The van der Waals surface area contributed by atoms with E-state index in [4.69, 9.17) is 9.97 Å². The van der Waals surface area contributed by atoms with E-state index in [0.29, 0.717) is 5.95 Å². The normalized spacial score (nSPS) is 13.0. The molecule has 1 aliphatic carbocycles. The molecule has 1 aliphatic rings. The minimum atomic E-state index is -0.320. The monoisotopic (exact) mass is 1190 g/mol. The Morgan fingerprint density at radius 1 is 0.326 bits per heavy atom. The van der Waals surface area contributed by atoms with Crippen LogP contribution in [0.5, 0.6) is 0 Å². The molecule has 92 heavy (non-hydrogen) atoms. The van der Waals surface area contributed by atoms with Crippen molar-refractivity contribution in [3.8, 4) is 39.5 Å². The summed E-state index contributed by atoms with van der Waals surface area (Å²) in [6.07, 6.45) is 0. The van der Waals surface area contributed by atoms with Crippen LogP contribution in [0.2, 0.25) is 0 Å². The van der Waals surface area contributed by atoms with Crippen molar-refractivity contribution in [2.24, 2.45) is 0 Å². The zero-order valence-corrected chi connectivity index (χ0v) is 51.2. The number of hydrogen-bond donors (Lipinski definition) is 0. The second-order valence-corrected chi connectivity index (χ2v) is 26.6. The number of nitrogens with zero attached hydrogens (tertiary/aromatic N) is 4. The Bertz CT molecular complexity index is 6430. The predicted molar refractivity (Wildman–Crippen MR) is 392 cm³/mol. The summed E-state index contributed by atoms with van der Waals surface area (Å²) in [6, 6.07) is 108. The van der Waals surface area contributed by atoms with Crippen molar-refractivity contribution in [3.63, 3.8) is 0 Å². The summed E-state index contributed by atoms with van der Waals surface area (Å²) in [4.78, 5) is 13.9. The van der Waals surface area contributed by atoms with Gasteiger partial charge in [-0.2, -0.15) is 0 Å². The number of hydrogen-bond acceptors (Lipinski definition) is 4. The number of rotatable bonds is 6. The van der Waals surface area contributed by atoms with Gasteiger partial charge in [-0.05, 0) is 171 Å². The van der Waals surface area contributed by atoms with Crippen molar-refractivity contribution >= 4 is 157 Å².